The number of hydrogen-bond donors (Lipinski definition) is 0. The van der Waals surface area contributed by atoms with Gasteiger partial charge in [-0.25, -0.2) is 9.78 Å². The number of ether oxygens (including phenoxy) is 1. The predicted molar refractivity (Wildman–Crippen MR) is 72.1 cm³/mol. The van der Waals surface area contributed by atoms with Gasteiger partial charge in [0, 0.05) is 23.9 Å². The number of carbonyl (C=O) groups excluding carboxylic acids is 2. The van der Waals surface area contributed by atoms with E-state index in [1.54, 1.807) is 0 Å². The number of methoxy groups -OCH3 is 1. The summed E-state index contributed by atoms with van der Waals surface area (Å²) in [7, 11) is 1.18. The summed E-state index contributed by atoms with van der Waals surface area (Å²) in [5.41, 5.74) is -0.201. The lowest BCUT2D eigenvalue weighted by Crippen LogP contribution is -2.13. The van der Waals surface area contributed by atoms with Crippen molar-refractivity contribution in [2.24, 2.45) is 0 Å². The molecule has 0 fully saturated rings. The van der Waals surface area contributed by atoms with Gasteiger partial charge < -0.3 is 4.74 Å². The van der Waals surface area contributed by atoms with E-state index in [2.05, 4.69) is 9.72 Å². The van der Waals surface area contributed by atoms with Gasteiger partial charge in [0.05, 0.1) is 17.6 Å². The molecular weight excluding hydrogens is 276 g/mol. The molecule has 2 rings (SSSR count). The maximum Gasteiger partial charge on any atom is 0.357 e. The van der Waals surface area contributed by atoms with Crippen molar-refractivity contribution >= 4 is 17.4 Å². The molecule has 7 heteroatoms. The first-order chi connectivity index (χ1) is 10.0. The first-order valence-electron chi connectivity index (χ1n) is 5.87. The summed E-state index contributed by atoms with van der Waals surface area (Å²) in [6.07, 6.45) is 1.36. The molecule has 0 radical (unpaired) electrons. The number of pyridine rings is 1. The quantitative estimate of drug-likeness (QED) is 0.369. The Labute approximate surface area is 119 Å². The number of hydrogen-bond acceptors (Lipinski definition) is 6. The molecular formula is C14H10N2O5. The van der Waals surface area contributed by atoms with Crippen molar-refractivity contribution in [1.29, 1.82) is 0 Å². The Morgan fingerprint density at radius 1 is 1.24 bits per heavy atom. The first kappa shape index (κ1) is 14.3. The smallest absolute Gasteiger partial charge is 0.357 e. The van der Waals surface area contributed by atoms with Gasteiger partial charge in [0.1, 0.15) is 0 Å². The van der Waals surface area contributed by atoms with E-state index in [0.29, 0.717) is 0 Å². The van der Waals surface area contributed by atoms with Gasteiger partial charge in [-0.2, -0.15) is 0 Å². The summed E-state index contributed by atoms with van der Waals surface area (Å²) < 4.78 is 4.56. The Morgan fingerprint density at radius 3 is 2.67 bits per heavy atom. The summed E-state index contributed by atoms with van der Waals surface area (Å²) in [6.45, 7) is 0. The van der Waals surface area contributed by atoms with Crippen LogP contribution in [0.4, 0.5) is 5.69 Å². The Bertz CT molecular complexity index is 727. The molecule has 7 nitrogen and oxygen atoms in total. The molecule has 0 spiro atoms. The van der Waals surface area contributed by atoms with Gasteiger partial charge in [-0.15, -0.1) is 0 Å². The van der Waals surface area contributed by atoms with Crippen LogP contribution in [-0.2, 0) is 4.74 Å². The fraction of sp³-hybridized carbons (Fsp3) is 0.0714. The Balaban J connectivity index is 2.48. The number of benzene rings is 1. The normalized spacial score (nSPS) is 9.95. The van der Waals surface area contributed by atoms with Crippen molar-refractivity contribution in [1.82, 2.24) is 4.98 Å². The van der Waals surface area contributed by atoms with E-state index in [1.807, 2.05) is 0 Å². The largest absolute Gasteiger partial charge is 0.464 e. The van der Waals surface area contributed by atoms with E-state index in [9.17, 15) is 19.7 Å². The molecule has 0 aliphatic rings. The molecule has 106 valence electrons. The van der Waals surface area contributed by atoms with Crippen molar-refractivity contribution in [2.75, 3.05) is 7.11 Å². The van der Waals surface area contributed by atoms with Crippen LogP contribution in [0.5, 0.6) is 0 Å². The molecule has 2 aromatic rings. The highest BCUT2D eigenvalue weighted by molar-refractivity contribution is 6.14. The van der Waals surface area contributed by atoms with Gasteiger partial charge in [-0.05, 0) is 12.1 Å². The van der Waals surface area contributed by atoms with Crippen molar-refractivity contribution in [2.45, 2.75) is 0 Å². The Kier molecular flexibility index (Phi) is 4.03. The second-order valence-electron chi connectivity index (χ2n) is 4.03. The van der Waals surface area contributed by atoms with Crippen LogP contribution in [0.3, 0.4) is 0 Å². The SMILES string of the molecule is COC(=O)c1ncccc1C(=O)c1cccc([N+](=O)[O-])c1. The van der Waals surface area contributed by atoms with Crippen LogP contribution in [0.1, 0.15) is 26.4 Å². The lowest BCUT2D eigenvalue weighted by molar-refractivity contribution is -0.384. The minimum atomic E-state index is -0.746. The number of nitrogens with zero attached hydrogens (tertiary/aromatic N) is 2. The summed E-state index contributed by atoms with van der Waals surface area (Å²) in [5.74, 6) is -1.28. The number of esters is 1. The number of nitro groups is 1. The molecule has 0 aliphatic heterocycles. The fourth-order valence-corrected chi connectivity index (χ4v) is 1.76. The zero-order valence-corrected chi connectivity index (χ0v) is 11.0. The molecule has 1 aromatic heterocycles. The third-order valence-electron chi connectivity index (χ3n) is 2.75. The predicted octanol–water partition coefficient (Wildman–Crippen LogP) is 2.01. The molecule has 0 aliphatic carbocycles. The summed E-state index contributed by atoms with van der Waals surface area (Å²) in [6, 6.07) is 8.18. The summed E-state index contributed by atoms with van der Waals surface area (Å²) >= 11 is 0. The molecule has 0 atom stereocenters. The number of rotatable bonds is 4. The molecule has 0 amide bonds. The average molecular weight is 286 g/mol. The van der Waals surface area contributed by atoms with E-state index in [0.717, 1.165) is 6.07 Å². The molecule has 0 saturated carbocycles. The van der Waals surface area contributed by atoms with E-state index in [-0.39, 0.29) is 22.5 Å². The van der Waals surface area contributed by atoms with Gasteiger partial charge in [-0.1, -0.05) is 12.1 Å². The highest BCUT2D eigenvalue weighted by atomic mass is 16.6. The van der Waals surface area contributed by atoms with Crippen LogP contribution in [-0.4, -0.2) is 28.8 Å². The third kappa shape index (κ3) is 2.92. The molecule has 0 bridgehead atoms. The topological polar surface area (TPSA) is 99.4 Å². The van der Waals surface area contributed by atoms with Crippen molar-refractivity contribution in [3.8, 4) is 0 Å². The molecule has 0 saturated heterocycles. The second kappa shape index (κ2) is 5.91. The molecule has 0 N–H and O–H groups in total. The minimum absolute atomic E-state index is 0.0323. The standard InChI is InChI=1S/C14H10N2O5/c1-21-14(18)12-11(6-3-7-15-12)13(17)9-4-2-5-10(8-9)16(19)20/h2-8H,1H3. The maximum absolute atomic E-state index is 12.4. The highest BCUT2D eigenvalue weighted by Crippen LogP contribution is 2.18. The maximum atomic E-state index is 12.4. The lowest BCUT2D eigenvalue weighted by Gasteiger charge is -2.05. The third-order valence-corrected chi connectivity index (χ3v) is 2.75. The number of nitro benzene ring substituents is 1. The Hall–Kier alpha value is -3.09. The summed E-state index contributed by atoms with van der Waals surface area (Å²) in [4.78, 5) is 38.0. The summed E-state index contributed by atoms with van der Waals surface area (Å²) in [5, 5.41) is 10.7. The second-order valence-corrected chi connectivity index (χ2v) is 4.03. The first-order valence-corrected chi connectivity index (χ1v) is 5.87. The van der Waals surface area contributed by atoms with Crippen molar-refractivity contribution in [3.05, 3.63) is 69.5 Å². The van der Waals surface area contributed by atoms with Crippen LogP contribution in [0.2, 0.25) is 0 Å². The average Bonchev–Trinajstić information content (AvgIpc) is 2.53. The van der Waals surface area contributed by atoms with E-state index in [1.165, 1.54) is 43.6 Å². The number of ketones is 1. The zero-order valence-electron chi connectivity index (χ0n) is 11.0. The van der Waals surface area contributed by atoms with Crippen molar-refractivity contribution in [3.63, 3.8) is 0 Å². The van der Waals surface area contributed by atoms with Crippen LogP contribution in [0.25, 0.3) is 0 Å². The highest BCUT2D eigenvalue weighted by Gasteiger charge is 2.21. The zero-order chi connectivity index (χ0) is 15.4. The molecule has 0 unspecified atom stereocenters. The van der Waals surface area contributed by atoms with E-state index in [4.69, 9.17) is 0 Å². The van der Waals surface area contributed by atoms with Crippen LogP contribution in [0.15, 0.2) is 42.6 Å². The minimum Gasteiger partial charge on any atom is -0.464 e. The van der Waals surface area contributed by atoms with Gasteiger partial charge in [0.2, 0.25) is 0 Å². The lowest BCUT2D eigenvalue weighted by atomic mass is 10.0. The van der Waals surface area contributed by atoms with Crippen LogP contribution in [0, 0.1) is 10.1 Å². The van der Waals surface area contributed by atoms with Crippen LogP contribution < -0.4 is 0 Å². The number of carbonyl (C=O) groups is 2. The molecule has 1 heterocycles. The van der Waals surface area contributed by atoms with Gasteiger partial charge >= 0.3 is 5.97 Å². The molecule has 1 aromatic carbocycles. The van der Waals surface area contributed by atoms with E-state index < -0.39 is 16.7 Å². The fourth-order valence-electron chi connectivity index (χ4n) is 1.76. The monoisotopic (exact) mass is 286 g/mol. The number of aromatic nitrogens is 1. The van der Waals surface area contributed by atoms with Gasteiger partial charge in [-0.3, -0.25) is 14.9 Å². The van der Waals surface area contributed by atoms with Crippen LogP contribution >= 0.6 is 0 Å². The van der Waals surface area contributed by atoms with Gasteiger partial charge in [0.25, 0.3) is 5.69 Å². The molecule has 21 heavy (non-hydrogen) atoms. The van der Waals surface area contributed by atoms with E-state index >= 15 is 0 Å². The number of non-ortho nitro benzene ring substituents is 1. The van der Waals surface area contributed by atoms with Crippen molar-refractivity contribution < 1.29 is 19.2 Å². The Morgan fingerprint density at radius 2 is 2.00 bits per heavy atom. The van der Waals surface area contributed by atoms with Gasteiger partial charge in [0.15, 0.2) is 11.5 Å².